The maximum absolute atomic E-state index is 13.7. The summed E-state index contributed by atoms with van der Waals surface area (Å²) in [6.45, 7) is 4.81. The molecule has 1 saturated heterocycles. The van der Waals surface area contributed by atoms with E-state index in [0.29, 0.717) is 19.0 Å². The van der Waals surface area contributed by atoms with Gasteiger partial charge in [-0.2, -0.15) is 0 Å². The molecule has 0 atom stereocenters. The number of alkyl halides is 1. The van der Waals surface area contributed by atoms with Crippen molar-refractivity contribution in [1.29, 1.82) is 0 Å². The monoisotopic (exact) mass is 302 g/mol. The molecular weight excluding hydrogens is 286 g/mol. The average Bonchev–Trinajstić information content (AvgIpc) is 2.43. The Balaban J connectivity index is 2.07. The van der Waals surface area contributed by atoms with Gasteiger partial charge in [-0.15, -0.1) is 11.6 Å². The van der Waals surface area contributed by atoms with Gasteiger partial charge in [0.05, 0.1) is 5.56 Å². The van der Waals surface area contributed by atoms with E-state index >= 15 is 0 Å². The lowest BCUT2D eigenvalue weighted by atomic mass is 10.1. The Morgan fingerprint density at radius 1 is 1.20 bits per heavy atom. The van der Waals surface area contributed by atoms with Gasteiger partial charge in [-0.05, 0) is 18.6 Å². The van der Waals surface area contributed by atoms with Crippen LogP contribution in [0.15, 0.2) is 12.1 Å². The molecule has 0 bridgehead atoms. The number of carbonyl (C=O) groups excluding carboxylic acids is 1. The molecule has 1 aromatic carbocycles. The third-order valence-electron chi connectivity index (χ3n) is 3.54. The van der Waals surface area contributed by atoms with E-state index in [9.17, 15) is 13.6 Å². The number of hydrogen-bond acceptors (Lipinski definition) is 2. The summed E-state index contributed by atoms with van der Waals surface area (Å²) in [6, 6.07) is 2.05. The zero-order valence-electron chi connectivity index (χ0n) is 11.3. The summed E-state index contributed by atoms with van der Waals surface area (Å²) in [6.07, 6.45) is 0. The van der Waals surface area contributed by atoms with Gasteiger partial charge >= 0.3 is 0 Å². The van der Waals surface area contributed by atoms with Crippen LogP contribution in [0, 0.1) is 18.6 Å². The predicted molar refractivity (Wildman–Crippen MR) is 74.2 cm³/mol. The van der Waals surface area contributed by atoms with E-state index in [0.717, 1.165) is 25.7 Å². The molecule has 0 radical (unpaired) electrons. The number of hydrogen-bond donors (Lipinski definition) is 0. The van der Waals surface area contributed by atoms with Gasteiger partial charge in [-0.1, -0.05) is 0 Å². The van der Waals surface area contributed by atoms with Crippen molar-refractivity contribution >= 4 is 17.5 Å². The van der Waals surface area contributed by atoms with Crippen LogP contribution in [0.25, 0.3) is 0 Å². The second-order valence-corrected chi connectivity index (χ2v) is 5.28. The molecule has 0 unspecified atom stereocenters. The highest BCUT2D eigenvalue weighted by atomic mass is 35.5. The van der Waals surface area contributed by atoms with Crippen molar-refractivity contribution in [3.63, 3.8) is 0 Å². The van der Waals surface area contributed by atoms with Crippen molar-refractivity contribution in [3.8, 4) is 0 Å². The number of aryl methyl sites for hydroxylation is 1. The summed E-state index contributed by atoms with van der Waals surface area (Å²) in [7, 11) is 0. The molecule has 2 rings (SSSR count). The molecule has 1 heterocycles. The van der Waals surface area contributed by atoms with Crippen molar-refractivity contribution in [3.05, 3.63) is 34.9 Å². The summed E-state index contributed by atoms with van der Waals surface area (Å²) in [5, 5.41) is 0. The van der Waals surface area contributed by atoms with Crippen molar-refractivity contribution in [2.75, 3.05) is 38.6 Å². The number of piperazine rings is 1. The van der Waals surface area contributed by atoms with Gasteiger partial charge < -0.3 is 4.90 Å². The van der Waals surface area contributed by atoms with Gasteiger partial charge in [0.2, 0.25) is 0 Å². The number of halogens is 3. The molecule has 1 amide bonds. The van der Waals surface area contributed by atoms with Crippen LogP contribution in [0.1, 0.15) is 15.9 Å². The van der Waals surface area contributed by atoms with Crippen LogP contribution in [0.2, 0.25) is 0 Å². The van der Waals surface area contributed by atoms with E-state index in [4.69, 9.17) is 11.6 Å². The summed E-state index contributed by atoms with van der Waals surface area (Å²) in [5.74, 6) is -1.26. The number of amides is 1. The van der Waals surface area contributed by atoms with Crippen LogP contribution < -0.4 is 0 Å². The second-order valence-electron chi connectivity index (χ2n) is 4.90. The van der Waals surface area contributed by atoms with E-state index < -0.39 is 11.6 Å². The third-order valence-corrected chi connectivity index (χ3v) is 3.71. The van der Waals surface area contributed by atoms with Crippen LogP contribution in [0.3, 0.4) is 0 Å². The molecule has 1 aliphatic rings. The zero-order valence-corrected chi connectivity index (χ0v) is 12.1. The van der Waals surface area contributed by atoms with Crippen LogP contribution in [0.4, 0.5) is 8.78 Å². The fourth-order valence-electron chi connectivity index (χ4n) is 2.29. The average molecular weight is 303 g/mol. The standard InChI is InChI=1S/C14H17ClF2N2O/c1-10-8-11(13(17)9-12(10)16)14(20)19-6-4-18(3-2-15)5-7-19/h8-9H,2-7H2,1H3. The number of carbonyl (C=O) groups is 1. The number of benzene rings is 1. The minimum Gasteiger partial charge on any atom is -0.336 e. The Morgan fingerprint density at radius 2 is 1.85 bits per heavy atom. The molecule has 6 heteroatoms. The molecule has 1 fully saturated rings. The Labute approximate surface area is 122 Å². The highest BCUT2D eigenvalue weighted by Crippen LogP contribution is 2.17. The normalized spacial score (nSPS) is 16.5. The molecule has 1 aromatic rings. The first-order valence-electron chi connectivity index (χ1n) is 6.56. The summed E-state index contributed by atoms with van der Waals surface area (Å²) < 4.78 is 26.9. The topological polar surface area (TPSA) is 23.6 Å². The number of rotatable bonds is 3. The van der Waals surface area contributed by atoms with Gasteiger partial charge in [0, 0.05) is 44.7 Å². The molecule has 110 valence electrons. The fraction of sp³-hybridized carbons (Fsp3) is 0.500. The van der Waals surface area contributed by atoms with E-state index in [2.05, 4.69) is 4.90 Å². The largest absolute Gasteiger partial charge is 0.336 e. The Bertz CT molecular complexity index is 502. The van der Waals surface area contributed by atoms with Crippen molar-refractivity contribution in [1.82, 2.24) is 9.80 Å². The minimum absolute atomic E-state index is 0.0605. The van der Waals surface area contributed by atoms with E-state index in [1.165, 1.54) is 13.0 Å². The lowest BCUT2D eigenvalue weighted by Crippen LogP contribution is -2.49. The second kappa shape index (κ2) is 6.50. The zero-order chi connectivity index (χ0) is 14.7. The highest BCUT2D eigenvalue weighted by Gasteiger charge is 2.24. The lowest BCUT2D eigenvalue weighted by molar-refractivity contribution is 0.0639. The summed E-state index contributed by atoms with van der Waals surface area (Å²) >= 11 is 5.68. The van der Waals surface area contributed by atoms with Gasteiger partial charge in [0.1, 0.15) is 11.6 Å². The fourth-order valence-corrected chi connectivity index (χ4v) is 2.52. The highest BCUT2D eigenvalue weighted by molar-refractivity contribution is 6.18. The predicted octanol–water partition coefficient (Wildman–Crippen LogP) is 2.27. The third kappa shape index (κ3) is 3.27. The van der Waals surface area contributed by atoms with Crippen molar-refractivity contribution in [2.24, 2.45) is 0 Å². The van der Waals surface area contributed by atoms with Gasteiger partial charge in [-0.3, -0.25) is 9.69 Å². The van der Waals surface area contributed by atoms with E-state index in [-0.39, 0.29) is 17.0 Å². The molecule has 0 aliphatic carbocycles. The lowest BCUT2D eigenvalue weighted by Gasteiger charge is -2.34. The molecule has 0 spiro atoms. The van der Waals surface area contributed by atoms with Gasteiger partial charge in [0.25, 0.3) is 5.91 Å². The van der Waals surface area contributed by atoms with Gasteiger partial charge in [0.15, 0.2) is 0 Å². The number of nitrogens with zero attached hydrogens (tertiary/aromatic N) is 2. The molecular formula is C14H17ClF2N2O. The molecule has 1 aliphatic heterocycles. The van der Waals surface area contributed by atoms with E-state index in [1.807, 2.05) is 0 Å². The van der Waals surface area contributed by atoms with Crippen molar-refractivity contribution in [2.45, 2.75) is 6.92 Å². The molecule has 20 heavy (non-hydrogen) atoms. The minimum atomic E-state index is -0.804. The smallest absolute Gasteiger partial charge is 0.256 e. The Kier molecular flexibility index (Phi) is 4.94. The maximum atomic E-state index is 13.7. The molecule has 0 N–H and O–H groups in total. The maximum Gasteiger partial charge on any atom is 0.256 e. The SMILES string of the molecule is Cc1cc(C(=O)N2CCN(CCCl)CC2)c(F)cc1F. The van der Waals surface area contributed by atoms with E-state index in [1.54, 1.807) is 4.90 Å². The Hall–Kier alpha value is -1.20. The molecule has 0 saturated carbocycles. The van der Waals surface area contributed by atoms with Crippen LogP contribution >= 0.6 is 11.6 Å². The first kappa shape index (κ1) is 15.2. The van der Waals surface area contributed by atoms with Crippen LogP contribution in [-0.2, 0) is 0 Å². The quantitative estimate of drug-likeness (QED) is 0.800. The first-order chi connectivity index (χ1) is 9.52. The van der Waals surface area contributed by atoms with Gasteiger partial charge in [-0.25, -0.2) is 8.78 Å². The van der Waals surface area contributed by atoms with Crippen LogP contribution in [0.5, 0.6) is 0 Å². The summed E-state index contributed by atoms with van der Waals surface area (Å²) in [5.41, 5.74) is 0.213. The first-order valence-corrected chi connectivity index (χ1v) is 7.09. The Morgan fingerprint density at radius 3 is 2.45 bits per heavy atom. The van der Waals surface area contributed by atoms with Crippen molar-refractivity contribution < 1.29 is 13.6 Å². The summed E-state index contributed by atoms with van der Waals surface area (Å²) in [4.78, 5) is 16.0. The molecule has 0 aromatic heterocycles. The van der Waals surface area contributed by atoms with Crippen LogP contribution in [-0.4, -0.2) is 54.3 Å². The molecule has 3 nitrogen and oxygen atoms in total.